The second-order valence-corrected chi connectivity index (χ2v) is 8.96. The number of pyridine rings is 1. The van der Waals surface area contributed by atoms with Gasteiger partial charge < -0.3 is 14.0 Å². The minimum Gasteiger partial charge on any atom is -0.462 e. The summed E-state index contributed by atoms with van der Waals surface area (Å²) in [6, 6.07) is 21.2. The highest BCUT2D eigenvalue weighted by Gasteiger charge is 2.31. The molecule has 1 aliphatic rings. The van der Waals surface area contributed by atoms with Crippen LogP contribution in [-0.4, -0.2) is 37.0 Å². The molecular formula is C26H23N3O3S. The van der Waals surface area contributed by atoms with Gasteiger partial charge in [0, 0.05) is 35.8 Å². The lowest BCUT2D eigenvalue weighted by Crippen LogP contribution is -2.29. The van der Waals surface area contributed by atoms with Gasteiger partial charge in [-0.1, -0.05) is 36.0 Å². The fraction of sp³-hybridized carbons (Fsp3) is 0.154. The molecule has 0 saturated heterocycles. The minimum absolute atomic E-state index is 0.210. The number of para-hydroxylation sites is 2. The number of anilines is 3. The minimum atomic E-state index is -0.444. The summed E-state index contributed by atoms with van der Waals surface area (Å²) in [5.74, 6) is -0.654. The Morgan fingerprint density at radius 2 is 1.58 bits per heavy atom. The molecule has 0 spiro atoms. The lowest BCUT2D eigenvalue weighted by atomic mass is 10.2. The lowest BCUT2D eigenvalue weighted by Gasteiger charge is -2.31. The zero-order valence-corrected chi connectivity index (χ0v) is 19.4. The molecule has 4 aromatic rings. The first-order chi connectivity index (χ1) is 16.0. The molecule has 0 radical (unpaired) electrons. The van der Waals surface area contributed by atoms with Crippen molar-refractivity contribution in [2.45, 2.75) is 16.7 Å². The number of ether oxygens (including phenoxy) is 1. The van der Waals surface area contributed by atoms with Crippen molar-refractivity contribution in [3.8, 4) is 0 Å². The Kier molecular flexibility index (Phi) is 5.34. The Labute approximate surface area is 196 Å². The standard InChI is InChI=1S/C26H23N3O3S/c1-4-32-26(31)18-16-22(28-14-13-17(27(2)3)15-21(18)28)25(30)29-19-9-5-7-11-23(19)33-24-12-8-6-10-20(24)29/h5-16H,4H2,1-3H3. The summed E-state index contributed by atoms with van der Waals surface area (Å²) < 4.78 is 7.07. The Balaban J connectivity index is 1.71. The predicted octanol–water partition coefficient (Wildman–Crippen LogP) is 5.63. The molecule has 2 aromatic carbocycles. The number of benzene rings is 2. The molecule has 2 aromatic heterocycles. The third-order valence-electron chi connectivity index (χ3n) is 5.62. The van der Waals surface area contributed by atoms with Gasteiger partial charge in [0.2, 0.25) is 0 Å². The van der Waals surface area contributed by atoms with Gasteiger partial charge in [-0.2, -0.15) is 0 Å². The van der Waals surface area contributed by atoms with Crippen LogP contribution in [0.15, 0.2) is 82.7 Å². The maximum atomic E-state index is 14.1. The highest BCUT2D eigenvalue weighted by Crippen LogP contribution is 2.48. The van der Waals surface area contributed by atoms with Crippen molar-refractivity contribution >= 4 is 46.2 Å². The molecule has 0 atom stereocenters. The van der Waals surface area contributed by atoms with Crippen LogP contribution in [0.4, 0.5) is 17.1 Å². The van der Waals surface area contributed by atoms with Crippen LogP contribution in [0.25, 0.3) is 5.52 Å². The third-order valence-corrected chi connectivity index (χ3v) is 6.75. The number of carbonyl (C=O) groups is 2. The highest BCUT2D eigenvalue weighted by atomic mass is 32.2. The second-order valence-electron chi connectivity index (χ2n) is 7.88. The van der Waals surface area contributed by atoms with E-state index < -0.39 is 5.97 Å². The first kappa shape index (κ1) is 21.2. The Hall–Kier alpha value is -3.71. The van der Waals surface area contributed by atoms with E-state index >= 15 is 0 Å². The molecule has 0 fully saturated rings. The van der Waals surface area contributed by atoms with Gasteiger partial charge in [0.25, 0.3) is 5.91 Å². The topological polar surface area (TPSA) is 54.3 Å². The molecule has 0 unspecified atom stereocenters. The highest BCUT2D eigenvalue weighted by molar-refractivity contribution is 7.99. The number of esters is 1. The van der Waals surface area contributed by atoms with E-state index in [0.29, 0.717) is 16.8 Å². The molecule has 3 heterocycles. The number of carbonyl (C=O) groups excluding carboxylic acids is 2. The SMILES string of the molecule is CCOC(=O)c1cc(C(=O)N2c3ccccc3Sc3ccccc32)n2ccc(N(C)C)cc12. The zero-order chi connectivity index (χ0) is 23.1. The third kappa shape index (κ3) is 3.54. The van der Waals surface area contributed by atoms with Gasteiger partial charge >= 0.3 is 5.97 Å². The normalized spacial score (nSPS) is 12.3. The van der Waals surface area contributed by atoms with Crippen LogP contribution in [0.3, 0.4) is 0 Å². The molecule has 6 nitrogen and oxygen atoms in total. The largest absolute Gasteiger partial charge is 0.462 e. The summed E-state index contributed by atoms with van der Waals surface area (Å²) in [6.07, 6.45) is 1.83. The van der Waals surface area contributed by atoms with E-state index in [1.54, 1.807) is 34.1 Å². The molecule has 0 bridgehead atoms. The van der Waals surface area contributed by atoms with Crippen molar-refractivity contribution in [1.82, 2.24) is 4.40 Å². The van der Waals surface area contributed by atoms with Crippen LogP contribution in [0.2, 0.25) is 0 Å². The molecule has 5 rings (SSSR count). The first-order valence-electron chi connectivity index (χ1n) is 10.7. The quantitative estimate of drug-likeness (QED) is 0.372. The number of rotatable bonds is 4. The molecular weight excluding hydrogens is 434 g/mol. The molecule has 0 N–H and O–H groups in total. The summed E-state index contributed by atoms with van der Waals surface area (Å²) in [5, 5.41) is 0. The average molecular weight is 458 g/mol. The van der Waals surface area contributed by atoms with Crippen LogP contribution < -0.4 is 9.80 Å². The number of fused-ring (bicyclic) bond motifs is 3. The van der Waals surface area contributed by atoms with E-state index in [1.165, 1.54) is 0 Å². The van der Waals surface area contributed by atoms with Crippen molar-refractivity contribution in [3.05, 3.63) is 84.2 Å². The van der Waals surface area contributed by atoms with E-state index in [4.69, 9.17) is 4.74 Å². The number of aromatic nitrogens is 1. The number of hydrogen-bond donors (Lipinski definition) is 0. The van der Waals surface area contributed by atoms with Gasteiger partial charge in [-0.05, 0) is 49.4 Å². The average Bonchev–Trinajstić information content (AvgIpc) is 3.21. The van der Waals surface area contributed by atoms with Gasteiger partial charge in [-0.15, -0.1) is 0 Å². The summed E-state index contributed by atoms with van der Waals surface area (Å²) in [6.45, 7) is 2.03. The van der Waals surface area contributed by atoms with Crippen molar-refractivity contribution in [2.75, 3.05) is 30.5 Å². The fourth-order valence-corrected chi connectivity index (χ4v) is 5.10. The summed E-state index contributed by atoms with van der Waals surface area (Å²) in [5.41, 5.74) is 3.98. The summed E-state index contributed by atoms with van der Waals surface area (Å²) in [7, 11) is 3.87. The monoisotopic (exact) mass is 457 g/mol. The smallest absolute Gasteiger partial charge is 0.340 e. The number of amides is 1. The second kappa shape index (κ2) is 8.33. The van der Waals surface area contributed by atoms with Gasteiger partial charge in [-0.3, -0.25) is 9.69 Å². The number of nitrogens with zero attached hydrogens (tertiary/aromatic N) is 3. The molecule has 166 valence electrons. The van der Waals surface area contributed by atoms with Gasteiger partial charge in [-0.25, -0.2) is 4.79 Å². The Bertz CT molecular complexity index is 1350. The molecule has 0 aliphatic carbocycles. The van der Waals surface area contributed by atoms with E-state index in [2.05, 4.69) is 0 Å². The molecule has 1 aliphatic heterocycles. The Morgan fingerprint density at radius 3 is 2.18 bits per heavy atom. The first-order valence-corrected chi connectivity index (χ1v) is 11.5. The van der Waals surface area contributed by atoms with E-state index in [9.17, 15) is 9.59 Å². The van der Waals surface area contributed by atoms with Crippen molar-refractivity contribution in [3.63, 3.8) is 0 Å². The summed E-state index contributed by atoms with van der Waals surface area (Å²) >= 11 is 1.64. The molecule has 7 heteroatoms. The van der Waals surface area contributed by atoms with Crippen molar-refractivity contribution in [2.24, 2.45) is 0 Å². The van der Waals surface area contributed by atoms with Crippen LogP contribution in [0, 0.1) is 0 Å². The van der Waals surface area contributed by atoms with E-state index in [0.717, 1.165) is 26.9 Å². The van der Waals surface area contributed by atoms with Crippen LogP contribution >= 0.6 is 11.8 Å². The zero-order valence-electron chi connectivity index (χ0n) is 18.6. The Morgan fingerprint density at radius 1 is 0.939 bits per heavy atom. The molecule has 1 amide bonds. The van der Waals surface area contributed by atoms with Crippen LogP contribution in [0.5, 0.6) is 0 Å². The van der Waals surface area contributed by atoms with E-state index in [1.807, 2.05) is 85.9 Å². The van der Waals surface area contributed by atoms with Crippen molar-refractivity contribution < 1.29 is 14.3 Å². The van der Waals surface area contributed by atoms with Gasteiger partial charge in [0.05, 0.1) is 29.1 Å². The maximum absolute atomic E-state index is 14.1. The predicted molar refractivity (Wildman–Crippen MR) is 131 cm³/mol. The fourth-order valence-electron chi connectivity index (χ4n) is 4.04. The van der Waals surface area contributed by atoms with Gasteiger partial charge in [0.1, 0.15) is 5.69 Å². The van der Waals surface area contributed by atoms with Crippen LogP contribution in [-0.2, 0) is 4.74 Å². The molecule has 33 heavy (non-hydrogen) atoms. The van der Waals surface area contributed by atoms with Crippen LogP contribution in [0.1, 0.15) is 27.8 Å². The molecule has 0 saturated carbocycles. The lowest BCUT2D eigenvalue weighted by molar-refractivity contribution is 0.0529. The number of hydrogen-bond acceptors (Lipinski definition) is 5. The van der Waals surface area contributed by atoms with Crippen molar-refractivity contribution in [1.29, 1.82) is 0 Å². The maximum Gasteiger partial charge on any atom is 0.340 e. The van der Waals surface area contributed by atoms with E-state index in [-0.39, 0.29) is 12.5 Å². The van der Waals surface area contributed by atoms with Gasteiger partial charge in [0.15, 0.2) is 0 Å². The summed E-state index contributed by atoms with van der Waals surface area (Å²) in [4.78, 5) is 32.6.